The molecule has 0 radical (unpaired) electrons. The van der Waals surface area contributed by atoms with Gasteiger partial charge in [-0.05, 0) is 41.7 Å². The molecule has 1 atom stereocenters. The van der Waals surface area contributed by atoms with Gasteiger partial charge in [-0.2, -0.15) is 0 Å². The van der Waals surface area contributed by atoms with E-state index in [4.69, 9.17) is 14.2 Å². The van der Waals surface area contributed by atoms with Gasteiger partial charge in [-0.15, -0.1) is 0 Å². The van der Waals surface area contributed by atoms with Crippen LogP contribution < -0.4 is 14.8 Å². The zero-order valence-electron chi connectivity index (χ0n) is 14.6. The summed E-state index contributed by atoms with van der Waals surface area (Å²) in [6, 6.07) is 13.7. The van der Waals surface area contributed by atoms with Gasteiger partial charge in [0.15, 0.2) is 17.6 Å². The molecule has 0 saturated carbocycles. The van der Waals surface area contributed by atoms with Crippen molar-refractivity contribution < 1.29 is 19.0 Å². The van der Waals surface area contributed by atoms with Crippen molar-refractivity contribution in [3.63, 3.8) is 0 Å². The van der Waals surface area contributed by atoms with E-state index in [1.165, 1.54) is 5.56 Å². The number of hydrogen-bond donors (Lipinski definition) is 1. The molecule has 0 fully saturated rings. The number of carbonyl (C=O) groups excluding carboxylic acids is 1. The molecular formula is C20H23NO4. The number of fused-ring (bicyclic) bond motifs is 1. The van der Waals surface area contributed by atoms with Gasteiger partial charge in [-0.25, -0.2) is 0 Å². The lowest BCUT2D eigenvalue weighted by Crippen LogP contribution is -2.34. The molecule has 132 valence electrons. The van der Waals surface area contributed by atoms with Crippen LogP contribution in [0.25, 0.3) is 0 Å². The normalized spacial score (nSPS) is 16.0. The molecule has 3 rings (SSSR count). The van der Waals surface area contributed by atoms with Crippen LogP contribution in [0, 0.1) is 0 Å². The Hall–Kier alpha value is -2.53. The smallest absolute Gasteiger partial charge is 0.253 e. The summed E-state index contributed by atoms with van der Waals surface area (Å²) < 4.78 is 16.2. The van der Waals surface area contributed by atoms with Gasteiger partial charge in [-0.1, -0.05) is 30.3 Å². The molecule has 1 N–H and O–H groups in total. The molecule has 0 unspecified atom stereocenters. The number of ether oxygens (including phenoxy) is 3. The average molecular weight is 341 g/mol. The van der Waals surface area contributed by atoms with Crippen molar-refractivity contribution in [2.45, 2.75) is 18.9 Å². The third-order valence-electron chi connectivity index (χ3n) is 4.39. The van der Waals surface area contributed by atoms with Crippen molar-refractivity contribution in [2.24, 2.45) is 0 Å². The van der Waals surface area contributed by atoms with E-state index in [1.807, 2.05) is 36.4 Å². The number of hydrogen-bond acceptors (Lipinski definition) is 4. The Morgan fingerprint density at radius 1 is 1.16 bits per heavy atom. The van der Waals surface area contributed by atoms with Crippen LogP contribution in [0.3, 0.4) is 0 Å². The van der Waals surface area contributed by atoms with E-state index in [0.717, 1.165) is 17.5 Å². The fraction of sp³-hybridized carbons (Fsp3) is 0.350. The maximum absolute atomic E-state index is 12.5. The first-order valence-electron chi connectivity index (χ1n) is 8.41. The lowest BCUT2D eigenvalue weighted by Gasteiger charge is -2.25. The lowest BCUT2D eigenvalue weighted by atomic mass is 9.97. The van der Waals surface area contributed by atoms with Crippen LogP contribution in [0.2, 0.25) is 0 Å². The highest BCUT2D eigenvalue weighted by Crippen LogP contribution is 2.28. The fourth-order valence-electron chi connectivity index (χ4n) is 3.07. The third-order valence-corrected chi connectivity index (χ3v) is 4.39. The van der Waals surface area contributed by atoms with Crippen LogP contribution in [0.5, 0.6) is 11.5 Å². The van der Waals surface area contributed by atoms with Crippen LogP contribution in [-0.4, -0.2) is 33.3 Å². The van der Waals surface area contributed by atoms with Crippen molar-refractivity contribution in [1.82, 2.24) is 5.32 Å². The van der Waals surface area contributed by atoms with Crippen LogP contribution in [0.15, 0.2) is 42.5 Å². The maximum Gasteiger partial charge on any atom is 0.253 e. The van der Waals surface area contributed by atoms with E-state index in [0.29, 0.717) is 31.1 Å². The maximum atomic E-state index is 12.5. The summed E-state index contributed by atoms with van der Waals surface area (Å²) in [5.74, 6) is 1.30. The Kier molecular flexibility index (Phi) is 5.56. The predicted octanol–water partition coefficient (Wildman–Crippen LogP) is 2.68. The number of amides is 1. The Labute approximate surface area is 147 Å². The summed E-state index contributed by atoms with van der Waals surface area (Å²) in [5, 5.41) is 2.97. The molecule has 1 aliphatic rings. The molecule has 0 aromatic heterocycles. The fourth-order valence-corrected chi connectivity index (χ4v) is 3.07. The van der Waals surface area contributed by atoms with Crippen molar-refractivity contribution in [2.75, 3.05) is 27.4 Å². The molecule has 1 heterocycles. The highest BCUT2D eigenvalue weighted by molar-refractivity contribution is 5.82. The summed E-state index contributed by atoms with van der Waals surface area (Å²) in [4.78, 5) is 12.5. The highest BCUT2D eigenvalue weighted by atomic mass is 16.5. The van der Waals surface area contributed by atoms with Crippen LogP contribution in [0.4, 0.5) is 0 Å². The van der Waals surface area contributed by atoms with E-state index in [-0.39, 0.29) is 5.91 Å². The minimum atomic E-state index is -0.518. The minimum Gasteiger partial charge on any atom is -0.493 e. The van der Waals surface area contributed by atoms with Crippen molar-refractivity contribution in [1.29, 1.82) is 0 Å². The molecule has 1 aliphatic heterocycles. The second-order valence-electron chi connectivity index (χ2n) is 5.93. The minimum absolute atomic E-state index is 0.0902. The molecule has 5 nitrogen and oxygen atoms in total. The molecule has 5 heteroatoms. The number of nitrogens with one attached hydrogen (secondary N) is 1. The lowest BCUT2D eigenvalue weighted by molar-refractivity contribution is -0.134. The zero-order chi connectivity index (χ0) is 17.6. The van der Waals surface area contributed by atoms with Crippen LogP contribution in [-0.2, 0) is 22.4 Å². The summed E-state index contributed by atoms with van der Waals surface area (Å²) in [6.45, 7) is 1.11. The van der Waals surface area contributed by atoms with Crippen molar-refractivity contribution in [3.8, 4) is 11.5 Å². The van der Waals surface area contributed by atoms with Crippen molar-refractivity contribution in [3.05, 3.63) is 59.2 Å². The van der Waals surface area contributed by atoms with Gasteiger partial charge in [0.2, 0.25) is 0 Å². The number of benzene rings is 2. The van der Waals surface area contributed by atoms with Gasteiger partial charge in [0, 0.05) is 6.54 Å². The monoisotopic (exact) mass is 341 g/mol. The second-order valence-corrected chi connectivity index (χ2v) is 5.93. The number of carbonyl (C=O) groups is 1. The standard InChI is InChI=1S/C20H23NO4/c1-23-17-8-7-14(13-18(17)24-2)9-11-21-20(22)19-16-6-4-3-5-15(16)10-12-25-19/h3-8,13,19H,9-12H2,1-2H3,(H,21,22)/t19-/m1/s1. The predicted molar refractivity (Wildman–Crippen MR) is 95.1 cm³/mol. The Bertz CT molecular complexity index is 744. The molecule has 1 amide bonds. The Morgan fingerprint density at radius 2 is 1.96 bits per heavy atom. The van der Waals surface area contributed by atoms with Gasteiger partial charge < -0.3 is 19.5 Å². The molecule has 0 bridgehead atoms. The average Bonchev–Trinajstić information content (AvgIpc) is 2.67. The molecule has 2 aromatic rings. The molecule has 0 spiro atoms. The second kappa shape index (κ2) is 8.03. The van der Waals surface area contributed by atoms with Gasteiger partial charge in [0.25, 0.3) is 5.91 Å². The van der Waals surface area contributed by atoms with Gasteiger partial charge >= 0.3 is 0 Å². The quantitative estimate of drug-likeness (QED) is 0.878. The van der Waals surface area contributed by atoms with E-state index < -0.39 is 6.10 Å². The number of methoxy groups -OCH3 is 2. The van der Waals surface area contributed by atoms with Gasteiger partial charge in [0.05, 0.1) is 20.8 Å². The first-order valence-corrected chi connectivity index (χ1v) is 8.41. The van der Waals surface area contributed by atoms with Gasteiger partial charge in [0.1, 0.15) is 0 Å². The van der Waals surface area contributed by atoms with Crippen molar-refractivity contribution >= 4 is 5.91 Å². The van der Waals surface area contributed by atoms with Crippen LogP contribution in [0.1, 0.15) is 22.8 Å². The summed E-state index contributed by atoms with van der Waals surface area (Å²) in [7, 11) is 3.22. The first-order chi connectivity index (χ1) is 12.2. The van der Waals surface area contributed by atoms with E-state index in [9.17, 15) is 4.79 Å². The molecule has 0 saturated heterocycles. The zero-order valence-corrected chi connectivity index (χ0v) is 14.6. The Morgan fingerprint density at radius 3 is 2.76 bits per heavy atom. The van der Waals surface area contributed by atoms with Gasteiger partial charge in [-0.3, -0.25) is 4.79 Å². The molecule has 2 aromatic carbocycles. The highest BCUT2D eigenvalue weighted by Gasteiger charge is 2.26. The van der Waals surface area contributed by atoms with E-state index in [1.54, 1.807) is 14.2 Å². The summed E-state index contributed by atoms with van der Waals surface area (Å²) in [6.07, 6.45) is 1.04. The van der Waals surface area contributed by atoms with Crippen LogP contribution >= 0.6 is 0 Å². The third kappa shape index (κ3) is 3.94. The largest absolute Gasteiger partial charge is 0.493 e. The molecular weight excluding hydrogens is 318 g/mol. The first kappa shape index (κ1) is 17.3. The summed E-state index contributed by atoms with van der Waals surface area (Å²) in [5.41, 5.74) is 3.23. The SMILES string of the molecule is COc1ccc(CCNC(=O)[C@@H]2OCCc3ccccc32)cc1OC. The number of rotatable bonds is 6. The molecule has 0 aliphatic carbocycles. The Balaban J connectivity index is 1.59. The van der Waals surface area contributed by atoms with E-state index in [2.05, 4.69) is 11.4 Å². The topological polar surface area (TPSA) is 56.8 Å². The molecule has 25 heavy (non-hydrogen) atoms. The van der Waals surface area contributed by atoms with E-state index >= 15 is 0 Å². The summed E-state index contributed by atoms with van der Waals surface area (Å²) >= 11 is 0.